The summed E-state index contributed by atoms with van der Waals surface area (Å²) in [4.78, 5) is 26.4. The highest BCUT2D eigenvalue weighted by Gasteiger charge is 2.30. The zero-order valence-corrected chi connectivity index (χ0v) is 16.6. The van der Waals surface area contributed by atoms with Gasteiger partial charge < -0.3 is 19.7 Å². The minimum absolute atomic E-state index is 0.0180. The maximum absolute atomic E-state index is 12.4. The van der Waals surface area contributed by atoms with Gasteiger partial charge in [-0.3, -0.25) is 9.59 Å². The van der Waals surface area contributed by atoms with E-state index in [0.717, 1.165) is 11.3 Å². The van der Waals surface area contributed by atoms with E-state index in [0.29, 0.717) is 43.5 Å². The number of ether oxygens (including phenoxy) is 2. The number of nitrogens with one attached hydrogen (secondary N) is 1. The lowest BCUT2D eigenvalue weighted by molar-refractivity contribution is -0.132. The lowest BCUT2D eigenvalue weighted by Gasteiger charge is -2.28. The third kappa shape index (κ3) is 4.86. The molecule has 1 N–H and O–H groups in total. The molecule has 8 heteroatoms. The van der Waals surface area contributed by atoms with E-state index in [1.807, 2.05) is 31.2 Å². The average Bonchev–Trinajstić information content (AvgIpc) is 2.73. The summed E-state index contributed by atoms with van der Waals surface area (Å²) in [6.45, 7) is 4.72. The Balaban J connectivity index is 1.75. The molecule has 28 heavy (non-hydrogen) atoms. The monoisotopic (exact) mass is 401 g/mol. The minimum Gasteiger partial charge on any atom is -0.494 e. The molecule has 2 amide bonds. The average molecular weight is 401 g/mol. The molecule has 0 saturated carbocycles. The highest BCUT2D eigenvalue weighted by molar-refractivity contribution is 8.03. The van der Waals surface area contributed by atoms with Crippen LogP contribution < -0.4 is 10.1 Å². The zero-order valence-electron chi connectivity index (χ0n) is 15.8. The van der Waals surface area contributed by atoms with Crippen LogP contribution in [0.1, 0.15) is 24.8 Å². The molecule has 2 aliphatic heterocycles. The van der Waals surface area contributed by atoms with Crippen LogP contribution in [0.3, 0.4) is 0 Å². The Bertz CT molecular complexity index is 795. The first-order valence-corrected chi connectivity index (χ1v) is 10.3. The highest BCUT2D eigenvalue weighted by Crippen LogP contribution is 2.36. The Morgan fingerprint density at radius 3 is 2.71 bits per heavy atom. The molecule has 0 radical (unpaired) electrons. The van der Waals surface area contributed by atoms with Gasteiger partial charge in [-0.05, 0) is 24.6 Å². The molecule has 7 nitrogen and oxygen atoms in total. The Morgan fingerprint density at radius 1 is 1.36 bits per heavy atom. The van der Waals surface area contributed by atoms with E-state index >= 15 is 0 Å². The molecule has 1 aromatic carbocycles. The van der Waals surface area contributed by atoms with E-state index in [-0.39, 0.29) is 29.9 Å². The van der Waals surface area contributed by atoms with Crippen molar-refractivity contribution in [1.82, 2.24) is 10.2 Å². The summed E-state index contributed by atoms with van der Waals surface area (Å²) in [5.41, 5.74) is 1.37. The molecule has 1 aromatic rings. The number of nitriles is 1. The lowest BCUT2D eigenvalue weighted by Crippen LogP contribution is -2.42. The number of carbonyl (C=O) groups excluding carboxylic acids is 2. The van der Waals surface area contributed by atoms with Crippen LogP contribution >= 0.6 is 11.8 Å². The molecule has 0 unspecified atom stereocenters. The molecule has 0 aromatic heterocycles. The number of thioether (sulfide) groups is 1. The van der Waals surface area contributed by atoms with Gasteiger partial charge in [0.15, 0.2) is 0 Å². The third-order valence-electron chi connectivity index (χ3n) is 4.65. The maximum atomic E-state index is 12.4. The Labute approximate surface area is 168 Å². The summed E-state index contributed by atoms with van der Waals surface area (Å²) in [7, 11) is 0. The molecule has 1 fully saturated rings. The van der Waals surface area contributed by atoms with Gasteiger partial charge in [-0.25, -0.2) is 0 Å². The molecule has 1 saturated heterocycles. The van der Waals surface area contributed by atoms with Crippen molar-refractivity contribution in [1.29, 1.82) is 5.26 Å². The largest absolute Gasteiger partial charge is 0.494 e. The summed E-state index contributed by atoms with van der Waals surface area (Å²) in [6.07, 6.45) is 0.207. The first-order chi connectivity index (χ1) is 13.6. The van der Waals surface area contributed by atoms with Gasteiger partial charge in [-0.2, -0.15) is 5.26 Å². The molecule has 2 heterocycles. The summed E-state index contributed by atoms with van der Waals surface area (Å²) in [5, 5.41) is 13.0. The second kappa shape index (κ2) is 9.62. The molecule has 0 bridgehead atoms. The number of benzene rings is 1. The van der Waals surface area contributed by atoms with Crippen molar-refractivity contribution < 1.29 is 19.1 Å². The van der Waals surface area contributed by atoms with E-state index in [1.165, 1.54) is 11.8 Å². The predicted octanol–water partition coefficient (Wildman–Crippen LogP) is 2.02. The van der Waals surface area contributed by atoms with Crippen molar-refractivity contribution in [3.05, 3.63) is 40.4 Å². The Morgan fingerprint density at radius 2 is 2.07 bits per heavy atom. The molecule has 148 valence electrons. The van der Waals surface area contributed by atoms with Crippen molar-refractivity contribution in [2.24, 2.45) is 0 Å². The van der Waals surface area contributed by atoms with Crippen molar-refractivity contribution >= 4 is 23.6 Å². The first-order valence-electron chi connectivity index (χ1n) is 9.27. The number of nitrogens with zero attached hydrogens (tertiary/aromatic N) is 2. The van der Waals surface area contributed by atoms with Gasteiger partial charge >= 0.3 is 0 Å². The molecule has 2 aliphatic rings. The van der Waals surface area contributed by atoms with Crippen LogP contribution in [0.5, 0.6) is 5.75 Å². The normalized spacial score (nSPS) is 19.8. The second-order valence-corrected chi connectivity index (χ2v) is 7.43. The summed E-state index contributed by atoms with van der Waals surface area (Å²) in [5.74, 6) is 0.432. The molecule has 0 spiro atoms. The third-order valence-corrected chi connectivity index (χ3v) is 5.66. The number of carbonyl (C=O) groups is 2. The number of hydrogen-bond acceptors (Lipinski definition) is 6. The minimum atomic E-state index is -0.324. The van der Waals surface area contributed by atoms with Crippen LogP contribution in [0.4, 0.5) is 0 Å². The van der Waals surface area contributed by atoms with Crippen molar-refractivity contribution in [2.75, 3.05) is 38.7 Å². The van der Waals surface area contributed by atoms with Gasteiger partial charge in [0, 0.05) is 25.4 Å². The number of allylic oxidation sites excluding steroid dienone is 1. The first kappa shape index (κ1) is 20.2. The van der Waals surface area contributed by atoms with E-state index < -0.39 is 0 Å². The number of hydrogen-bond donors (Lipinski definition) is 1. The van der Waals surface area contributed by atoms with Gasteiger partial charge in [0.1, 0.15) is 5.75 Å². The van der Waals surface area contributed by atoms with Crippen LogP contribution in [-0.4, -0.2) is 55.4 Å². The van der Waals surface area contributed by atoms with E-state index in [1.54, 1.807) is 4.90 Å². The van der Waals surface area contributed by atoms with Gasteiger partial charge in [0.05, 0.1) is 42.2 Å². The SMILES string of the molecule is CCOc1ccc([C@@H]2CC(=O)NC(SCC(=O)N3CCOCC3)=C2C#N)cc1. The fourth-order valence-electron chi connectivity index (χ4n) is 3.22. The fraction of sp³-hybridized carbons (Fsp3) is 0.450. The van der Waals surface area contributed by atoms with E-state index in [2.05, 4.69) is 11.4 Å². The molecular weight excluding hydrogens is 378 g/mol. The van der Waals surface area contributed by atoms with Crippen molar-refractivity contribution in [2.45, 2.75) is 19.3 Å². The number of rotatable bonds is 6. The maximum Gasteiger partial charge on any atom is 0.233 e. The fourth-order valence-corrected chi connectivity index (χ4v) is 4.20. The van der Waals surface area contributed by atoms with Crippen LogP contribution in [0, 0.1) is 11.3 Å². The van der Waals surface area contributed by atoms with Crippen LogP contribution in [-0.2, 0) is 14.3 Å². The summed E-state index contributed by atoms with van der Waals surface area (Å²) >= 11 is 1.21. The Hall–Kier alpha value is -2.50. The van der Waals surface area contributed by atoms with Gasteiger partial charge in [0.2, 0.25) is 11.8 Å². The molecule has 1 atom stereocenters. The molecule has 0 aliphatic carbocycles. The molecule has 3 rings (SSSR count). The summed E-state index contributed by atoms with van der Waals surface area (Å²) in [6, 6.07) is 9.68. The zero-order chi connectivity index (χ0) is 19.9. The predicted molar refractivity (Wildman–Crippen MR) is 106 cm³/mol. The topological polar surface area (TPSA) is 91.7 Å². The quantitative estimate of drug-likeness (QED) is 0.784. The standard InChI is InChI=1S/C20H23N3O4S/c1-2-27-15-5-3-14(4-6-15)16-11-18(24)22-20(17(16)12-21)28-13-19(25)23-7-9-26-10-8-23/h3-6,16H,2,7-11,13H2,1H3,(H,22,24)/t16-/m0/s1. The van der Waals surface area contributed by atoms with Gasteiger partial charge in [-0.15, -0.1) is 0 Å². The van der Waals surface area contributed by atoms with Crippen molar-refractivity contribution in [3.63, 3.8) is 0 Å². The second-order valence-electron chi connectivity index (χ2n) is 6.44. The van der Waals surface area contributed by atoms with Crippen molar-refractivity contribution in [3.8, 4) is 11.8 Å². The van der Waals surface area contributed by atoms with Crippen LogP contribution in [0.2, 0.25) is 0 Å². The van der Waals surface area contributed by atoms with E-state index in [4.69, 9.17) is 9.47 Å². The summed E-state index contributed by atoms with van der Waals surface area (Å²) < 4.78 is 10.7. The smallest absolute Gasteiger partial charge is 0.233 e. The lowest BCUT2D eigenvalue weighted by atomic mass is 9.87. The van der Waals surface area contributed by atoms with Crippen LogP contribution in [0.15, 0.2) is 34.9 Å². The van der Waals surface area contributed by atoms with E-state index in [9.17, 15) is 14.9 Å². The van der Waals surface area contributed by atoms with Gasteiger partial charge in [-0.1, -0.05) is 23.9 Å². The highest BCUT2D eigenvalue weighted by atomic mass is 32.2. The number of morpholine rings is 1. The molecular formula is C20H23N3O4S. The Kier molecular flexibility index (Phi) is 6.95. The van der Waals surface area contributed by atoms with Gasteiger partial charge in [0.25, 0.3) is 0 Å². The van der Waals surface area contributed by atoms with Crippen LogP contribution in [0.25, 0.3) is 0 Å². The number of amides is 2.